The Bertz CT molecular complexity index is 1000. The van der Waals surface area contributed by atoms with Crippen LogP contribution in [0.2, 0.25) is 18.1 Å². The summed E-state index contributed by atoms with van der Waals surface area (Å²) in [4.78, 5) is 0. The van der Waals surface area contributed by atoms with Gasteiger partial charge in [0.2, 0.25) is 0 Å². The fourth-order valence-electron chi connectivity index (χ4n) is 8.09. The van der Waals surface area contributed by atoms with Gasteiger partial charge in [0.1, 0.15) is 0 Å². The highest BCUT2D eigenvalue weighted by Gasteiger charge is 2.58. The van der Waals surface area contributed by atoms with Gasteiger partial charge in [-0.3, -0.25) is 0 Å². The number of aliphatic hydroxyl groups excluding tert-OH is 1. The molecule has 4 aliphatic rings. The lowest BCUT2D eigenvalue weighted by molar-refractivity contribution is -0.0417. The van der Waals surface area contributed by atoms with Gasteiger partial charge in [-0.2, -0.15) is 11.8 Å². The molecule has 2 N–H and O–H groups in total. The Morgan fingerprint density at radius 3 is 2.41 bits per heavy atom. The molecule has 7 atom stereocenters. The SMILES string of the molecule is CCC(O)(CC)CCSC(C)C1=CC[C@H]2C3=CC=C4CC(O)CC(O[Si](C)(C)C(C)(C)C)[C@]4(C)[C@H]3CC[C@]12C. The van der Waals surface area contributed by atoms with E-state index in [2.05, 4.69) is 86.7 Å². The van der Waals surface area contributed by atoms with Crippen LogP contribution in [0.3, 0.4) is 0 Å². The summed E-state index contributed by atoms with van der Waals surface area (Å²) in [7, 11) is -1.99. The van der Waals surface area contributed by atoms with E-state index in [0.29, 0.717) is 17.1 Å². The summed E-state index contributed by atoms with van der Waals surface area (Å²) in [6.45, 7) is 23.3. The van der Waals surface area contributed by atoms with E-state index in [9.17, 15) is 10.2 Å². The zero-order valence-electron chi connectivity index (χ0n) is 26.7. The molecule has 4 aliphatic carbocycles. The van der Waals surface area contributed by atoms with Crippen molar-refractivity contribution in [2.75, 3.05) is 5.75 Å². The van der Waals surface area contributed by atoms with Gasteiger partial charge in [-0.25, -0.2) is 0 Å². The van der Waals surface area contributed by atoms with Gasteiger partial charge >= 0.3 is 0 Å². The maximum atomic E-state index is 10.9. The Morgan fingerprint density at radius 2 is 1.79 bits per heavy atom. The number of rotatable bonds is 9. The first kappa shape index (κ1) is 31.6. The van der Waals surface area contributed by atoms with Crippen LogP contribution in [0.1, 0.15) is 107 Å². The minimum absolute atomic E-state index is 0.0337. The van der Waals surface area contributed by atoms with Crippen molar-refractivity contribution >= 4 is 20.1 Å². The summed E-state index contributed by atoms with van der Waals surface area (Å²) in [5, 5.41) is 22.3. The fourth-order valence-corrected chi connectivity index (χ4v) is 10.9. The van der Waals surface area contributed by atoms with Crippen LogP contribution in [0.5, 0.6) is 0 Å². The molecular weight excluding hydrogens is 517 g/mol. The Labute approximate surface area is 245 Å². The molecule has 2 saturated carbocycles. The molecule has 5 heteroatoms. The second kappa shape index (κ2) is 11.1. The quantitative estimate of drug-likeness (QED) is 0.213. The van der Waals surface area contributed by atoms with Crippen molar-refractivity contribution in [3.05, 3.63) is 34.9 Å². The van der Waals surface area contributed by atoms with Gasteiger partial charge in [0, 0.05) is 10.7 Å². The highest BCUT2D eigenvalue weighted by Crippen LogP contribution is 2.65. The van der Waals surface area contributed by atoms with Crippen LogP contribution in [0.4, 0.5) is 0 Å². The molecule has 3 unspecified atom stereocenters. The summed E-state index contributed by atoms with van der Waals surface area (Å²) in [6, 6.07) is 0. The third kappa shape index (κ3) is 5.58. The van der Waals surface area contributed by atoms with Crippen molar-refractivity contribution in [1.82, 2.24) is 0 Å². The van der Waals surface area contributed by atoms with Crippen LogP contribution in [-0.4, -0.2) is 47.3 Å². The number of hydrogen-bond donors (Lipinski definition) is 2. The Hall–Kier alpha value is -0.333. The molecule has 0 radical (unpaired) electrons. The van der Waals surface area contributed by atoms with Gasteiger partial charge in [0.15, 0.2) is 8.32 Å². The maximum Gasteiger partial charge on any atom is 0.192 e. The Kier molecular flexibility index (Phi) is 8.96. The average molecular weight is 575 g/mol. The lowest BCUT2D eigenvalue weighted by atomic mass is 9.49. The van der Waals surface area contributed by atoms with E-state index in [0.717, 1.165) is 44.3 Å². The van der Waals surface area contributed by atoms with E-state index >= 15 is 0 Å². The average Bonchev–Trinajstić information content (AvgIpc) is 3.21. The summed E-state index contributed by atoms with van der Waals surface area (Å²) in [5.41, 5.74) is 4.37. The fraction of sp³-hybridized carbons (Fsp3) is 0.824. The summed E-state index contributed by atoms with van der Waals surface area (Å²) < 4.78 is 7.20. The number of thioether (sulfide) groups is 1. The zero-order valence-corrected chi connectivity index (χ0v) is 28.5. The predicted octanol–water partition coefficient (Wildman–Crippen LogP) is 8.83. The second-order valence-corrected chi connectivity index (χ2v) is 21.5. The predicted molar refractivity (Wildman–Crippen MR) is 171 cm³/mol. The zero-order chi connectivity index (χ0) is 29.0. The molecule has 0 aromatic carbocycles. The molecule has 0 aromatic heterocycles. The molecule has 0 aliphatic heterocycles. The molecule has 3 nitrogen and oxygen atoms in total. The molecule has 39 heavy (non-hydrogen) atoms. The molecule has 0 bridgehead atoms. The second-order valence-electron chi connectivity index (χ2n) is 15.3. The first-order valence-corrected chi connectivity index (χ1v) is 19.8. The Morgan fingerprint density at radius 1 is 1.13 bits per heavy atom. The van der Waals surface area contributed by atoms with Crippen LogP contribution in [-0.2, 0) is 4.43 Å². The molecule has 0 amide bonds. The molecule has 0 heterocycles. The van der Waals surface area contributed by atoms with Crippen molar-refractivity contribution in [2.45, 2.75) is 148 Å². The van der Waals surface area contributed by atoms with Gasteiger partial charge in [-0.1, -0.05) is 83.4 Å². The lowest BCUT2D eigenvalue weighted by Gasteiger charge is -2.58. The monoisotopic (exact) mass is 574 g/mol. The van der Waals surface area contributed by atoms with Crippen molar-refractivity contribution in [3.63, 3.8) is 0 Å². The van der Waals surface area contributed by atoms with E-state index in [4.69, 9.17) is 4.43 Å². The summed E-state index contributed by atoms with van der Waals surface area (Å²) >= 11 is 2.04. The third-order valence-corrected chi connectivity index (χ3v) is 17.9. The maximum absolute atomic E-state index is 10.9. The van der Waals surface area contributed by atoms with Crippen LogP contribution >= 0.6 is 11.8 Å². The highest BCUT2D eigenvalue weighted by molar-refractivity contribution is 8.00. The van der Waals surface area contributed by atoms with Crippen LogP contribution in [0, 0.1) is 22.7 Å². The first-order chi connectivity index (χ1) is 18.0. The van der Waals surface area contributed by atoms with Crippen molar-refractivity contribution in [3.8, 4) is 0 Å². The molecule has 0 spiro atoms. The molecule has 2 fully saturated rings. The van der Waals surface area contributed by atoms with Crippen molar-refractivity contribution in [2.24, 2.45) is 22.7 Å². The number of hydrogen-bond acceptors (Lipinski definition) is 4. The first-order valence-electron chi connectivity index (χ1n) is 15.8. The number of fused-ring (bicyclic) bond motifs is 5. The third-order valence-electron chi connectivity index (χ3n) is 12.2. The van der Waals surface area contributed by atoms with E-state index < -0.39 is 13.9 Å². The topological polar surface area (TPSA) is 49.7 Å². The lowest BCUT2D eigenvalue weighted by Crippen LogP contribution is -2.57. The van der Waals surface area contributed by atoms with Gasteiger partial charge in [0.25, 0.3) is 0 Å². The minimum Gasteiger partial charge on any atom is -0.413 e. The van der Waals surface area contributed by atoms with E-state index in [1.54, 1.807) is 11.1 Å². The van der Waals surface area contributed by atoms with Crippen molar-refractivity contribution < 1.29 is 14.6 Å². The molecule has 4 rings (SSSR count). The number of allylic oxidation sites excluding steroid dienone is 4. The summed E-state index contributed by atoms with van der Waals surface area (Å²) in [6.07, 6.45) is 14.8. The molecule has 222 valence electrons. The van der Waals surface area contributed by atoms with E-state index in [1.807, 2.05) is 11.8 Å². The molecule has 0 saturated heterocycles. The van der Waals surface area contributed by atoms with Crippen LogP contribution in [0.15, 0.2) is 34.9 Å². The number of aliphatic hydroxyl groups is 2. The highest BCUT2D eigenvalue weighted by atomic mass is 32.2. The van der Waals surface area contributed by atoms with Crippen LogP contribution in [0.25, 0.3) is 0 Å². The van der Waals surface area contributed by atoms with E-state index in [1.165, 1.54) is 18.4 Å². The van der Waals surface area contributed by atoms with Crippen LogP contribution < -0.4 is 0 Å². The van der Waals surface area contributed by atoms with Gasteiger partial charge in [-0.05, 0) is 99.4 Å². The van der Waals surface area contributed by atoms with Gasteiger partial charge in [0.05, 0.1) is 17.8 Å². The van der Waals surface area contributed by atoms with Gasteiger partial charge in [-0.15, -0.1) is 0 Å². The van der Waals surface area contributed by atoms with Gasteiger partial charge < -0.3 is 14.6 Å². The Balaban J connectivity index is 1.55. The normalized spacial score (nSPS) is 35.8. The minimum atomic E-state index is -1.99. The summed E-state index contributed by atoms with van der Waals surface area (Å²) in [5.74, 6) is 2.08. The molecule has 0 aromatic rings. The smallest absolute Gasteiger partial charge is 0.192 e. The largest absolute Gasteiger partial charge is 0.413 e. The molecular formula is C34H58O3SSi. The van der Waals surface area contributed by atoms with E-state index in [-0.39, 0.29) is 28.1 Å². The van der Waals surface area contributed by atoms with Crippen molar-refractivity contribution in [1.29, 1.82) is 0 Å². The standard InChI is InChI=1S/C34H58O3SSi/c1-11-34(36,12-2)19-20-38-23(3)27-15-16-28-26-14-13-24-21-25(35)22-30(37-39(9,10)31(4,5)6)33(24,8)29(26)17-18-32(27,28)7/h13-15,23,25,28-30,35-36H,11-12,16-22H2,1-10H3/t23?,25?,28-,29-,30?,32+,33-/m0/s1.